The number of aliphatic carboxylic acids is 1. The van der Waals surface area contributed by atoms with Crippen LogP contribution in [-0.4, -0.2) is 30.1 Å². The van der Waals surface area contributed by atoms with Crippen LogP contribution in [0, 0.1) is 5.92 Å². The molecule has 104 valence electrons. The molecule has 0 unspecified atom stereocenters. The first-order chi connectivity index (χ1) is 8.97. The zero-order chi connectivity index (χ0) is 14.3. The van der Waals surface area contributed by atoms with Gasteiger partial charge in [0.15, 0.2) is 0 Å². The van der Waals surface area contributed by atoms with E-state index in [4.69, 9.17) is 9.84 Å². The number of rotatable bonds is 7. The number of amides is 1. The lowest BCUT2D eigenvalue weighted by Crippen LogP contribution is -2.30. The third-order valence-electron chi connectivity index (χ3n) is 2.31. The van der Waals surface area contributed by atoms with Gasteiger partial charge in [0.2, 0.25) is 5.91 Å². The van der Waals surface area contributed by atoms with Gasteiger partial charge < -0.3 is 15.2 Å². The van der Waals surface area contributed by atoms with E-state index in [2.05, 4.69) is 19.2 Å². The standard InChI is InChI=1S/C14H19NO4/c1-10(2)9-19-12-5-3-11(4-6-12)7-13(16)15-8-14(17)18/h3-6,10H,7-9H2,1-2H3,(H,15,16)(H,17,18). The predicted molar refractivity (Wildman–Crippen MR) is 71.1 cm³/mol. The Bertz CT molecular complexity index is 426. The van der Waals surface area contributed by atoms with E-state index in [1.54, 1.807) is 12.1 Å². The first-order valence-electron chi connectivity index (χ1n) is 6.17. The minimum Gasteiger partial charge on any atom is -0.493 e. The largest absolute Gasteiger partial charge is 0.493 e. The van der Waals surface area contributed by atoms with Crippen LogP contribution in [0.4, 0.5) is 0 Å². The van der Waals surface area contributed by atoms with Crippen molar-refractivity contribution in [3.8, 4) is 5.75 Å². The lowest BCUT2D eigenvalue weighted by Gasteiger charge is -2.09. The molecule has 2 N–H and O–H groups in total. The summed E-state index contributed by atoms with van der Waals surface area (Å²) in [6.45, 7) is 4.44. The molecule has 0 atom stereocenters. The highest BCUT2D eigenvalue weighted by atomic mass is 16.5. The molecule has 0 aromatic heterocycles. The number of benzene rings is 1. The van der Waals surface area contributed by atoms with Crippen molar-refractivity contribution < 1.29 is 19.4 Å². The topological polar surface area (TPSA) is 75.6 Å². The highest BCUT2D eigenvalue weighted by molar-refractivity contribution is 5.82. The number of nitrogens with one attached hydrogen (secondary N) is 1. The monoisotopic (exact) mass is 265 g/mol. The van der Waals surface area contributed by atoms with E-state index in [1.165, 1.54) is 0 Å². The van der Waals surface area contributed by atoms with E-state index < -0.39 is 5.97 Å². The molecule has 0 radical (unpaired) electrons. The molecule has 1 aromatic rings. The van der Waals surface area contributed by atoms with Crippen molar-refractivity contribution >= 4 is 11.9 Å². The second-order valence-electron chi connectivity index (χ2n) is 4.70. The van der Waals surface area contributed by atoms with Gasteiger partial charge in [0.05, 0.1) is 13.0 Å². The van der Waals surface area contributed by atoms with E-state index in [0.717, 1.165) is 11.3 Å². The first-order valence-corrected chi connectivity index (χ1v) is 6.17. The van der Waals surface area contributed by atoms with Gasteiger partial charge in [-0.25, -0.2) is 0 Å². The summed E-state index contributed by atoms with van der Waals surface area (Å²) in [5.74, 6) is -0.131. The van der Waals surface area contributed by atoms with E-state index in [1.807, 2.05) is 12.1 Å². The second kappa shape index (κ2) is 7.41. The summed E-state index contributed by atoms with van der Waals surface area (Å²) in [4.78, 5) is 21.7. The summed E-state index contributed by atoms with van der Waals surface area (Å²) in [6.07, 6.45) is 0.164. The molecule has 0 aliphatic rings. The molecule has 0 aliphatic carbocycles. The van der Waals surface area contributed by atoms with Crippen molar-refractivity contribution in [1.29, 1.82) is 0 Å². The molecule has 5 heteroatoms. The van der Waals surface area contributed by atoms with Crippen molar-refractivity contribution in [1.82, 2.24) is 5.32 Å². The van der Waals surface area contributed by atoms with E-state index in [-0.39, 0.29) is 18.9 Å². The Balaban J connectivity index is 2.43. The Hall–Kier alpha value is -2.04. The van der Waals surface area contributed by atoms with Crippen LogP contribution >= 0.6 is 0 Å². The summed E-state index contributed by atoms with van der Waals surface area (Å²) in [5.41, 5.74) is 0.819. The molecular formula is C14H19NO4. The maximum Gasteiger partial charge on any atom is 0.322 e. The lowest BCUT2D eigenvalue weighted by atomic mass is 10.1. The van der Waals surface area contributed by atoms with Crippen LogP contribution < -0.4 is 10.1 Å². The van der Waals surface area contributed by atoms with Gasteiger partial charge in [0.1, 0.15) is 12.3 Å². The van der Waals surface area contributed by atoms with Crippen LogP contribution in [0.15, 0.2) is 24.3 Å². The van der Waals surface area contributed by atoms with Crippen molar-refractivity contribution in [2.45, 2.75) is 20.3 Å². The number of carbonyl (C=O) groups excluding carboxylic acids is 1. The smallest absolute Gasteiger partial charge is 0.322 e. The average molecular weight is 265 g/mol. The highest BCUT2D eigenvalue weighted by Gasteiger charge is 2.05. The van der Waals surface area contributed by atoms with Gasteiger partial charge in [-0.2, -0.15) is 0 Å². The zero-order valence-electron chi connectivity index (χ0n) is 11.2. The molecule has 5 nitrogen and oxygen atoms in total. The van der Waals surface area contributed by atoms with Crippen molar-refractivity contribution in [3.05, 3.63) is 29.8 Å². The molecule has 0 saturated heterocycles. The Morgan fingerprint density at radius 1 is 1.26 bits per heavy atom. The van der Waals surface area contributed by atoms with Crippen LogP contribution in [0.2, 0.25) is 0 Å². The normalized spacial score (nSPS) is 10.3. The van der Waals surface area contributed by atoms with Gasteiger partial charge in [-0.05, 0) is 23.6 Å². The van der Waals surface area contributed by atoms with Gasteiger partial charge in [-0.1, -0.05) is 26.0 Å². The Kier molecular flexibility index (Phi) is 5.85. The van der Waals surface area contributed by atoms with Crippen molar-refractivity contribution in [2.75, 3.05) is 13.2 Å². The maximum absolute atomic E-state index is 11.4. The van der Waals surface area contributed by atoms with Gasteiger partial charge in [-0.15, -0.1) is 0 Å². The first kappa shape index (κ1) is 15.0. The number of carboxylic acid groups (broad SMARTS) is 1. The number of hydrogen-bond donors (Lipinski definition) is 2. The minimum absolute atomic E-state index is 0.164. The van der Waals surface area contributed by atoms with Gasteiger partial charge in [-0.3, -0.25) is 9.59 Å². The third-order valence-corrected chi connectivity index (χ3v) is 2.31. The number of carbonyl (C=O) groups is 2. The molecule has 0 saturated carbocycles. The Morgan fingerprint density at radius 2 is 1.89 bits per heavy atom. The Labute approximate surface area is 112 Å². The molecule has 0 fully saturated rings. The molecular weight excluding hydrogens is 246 g/mol. The average Bonchev–Trinajstić information content (AvgIpc) is 2.35. The predicted octanol–water partition coefficient (Wildman–Crippen LogP) is 1.46. The highest BCUT2D eigenvalue weighted by Crippen LogP contribution is 2.13. The van der Waals surface area contributed by atoms with E-state index in [0.29, 0.717) is 12.5 Å². The lowest BCUT2D eigenvalue weighted by molar-refractivity contribution is -0.137. The van der Waals surface area contributed by atoms with Crippen molar-refractivity contribution in [3.63, 3.8) is 0 Å². The zero-order valence-corrected chi connectivity index (χ0v) is 11.2. The summed E-state index contributed by atoms with van der Waals surface area (Å²) < 4.78 is 5.53. The van der Waals surface area contributed by atoms with Crippen LogP contribution in [-0.2, 0) is 16.0 Å². The number of ether oxygens (including phenoxy) is 1. The Morgan fingerprint density at radius 3 is 2.42 bits per heavy atom. The van der Waals surface area contributed by atoms with Gasteiger partial charge in [0, 0.05) is 0 Å². The maximum atomic E-state index is 11.4. The van der Waals surface area contributed by atoms with E-state index in [9.17, 15) is 9.59 Å². The quantitative estimate of drug-likeness (QED) is 0.782. The number of hydrogen-bond acceptors (Lipinski definition) is 3. The second-order valence-corrected chi connectivity index (χ2v) is 4.70. The van der Waals surface area contributed by atoms with Crippen LogP contribution in [0.25, 0.3) is 0 Å². The fourth-order valence-corrected chi connectivity index (χ4v) is 1.39. The summed E-state index contributed by atoms with van der Waals surface area (Å²) in [7, 11) is 0. The summed E-state index contributed by atoms with van der Waals surface area (Å²) in [6, 6.07) is 7.22. The molecule has 0 aliphatic heterocycles. The van der Waals surface area contributed by atoms with Gasteiger partial charge >= 0.3 is 5.97 Å². The molecule has 0 bridgehead atoms. The molecule has 1 amide bonds. The number of carboxylic acids is 1. The molecule has 1 rings (SSSR count). The minimum atomic E-state index is -1.05. The summed E-state index contributed by atoms with van der Waals surface area (Å²) >= 11 is 0. The van der Waals surface area contributed by atoms with Gasteiger partial charge in [0.25, 0.3) is 0 Å². The molecule has 0 heterocycles. The van der Waals surface area contributed by atoms with E-state index >= 15 is 0 Å². The fraction of sp³-hybridized carbons (Fsp3) is 0.429. The van der Waals surface area contributed by atoms with Crippen LogP contribution in [0.1, 0.15) is 19.4 Å². The summed E-state index contributed by atoms with van der Waals surface area (Å²) in [5, 5.41) is 10.8. The fourth-order valence-electron chi connectivity index (χ4n) is 1.39. The molecule has 19 heavy (non-hydrogen) atoms. The molecule has 0 spiro atoms. The molecule has 1 aromatic carbocycles. The third kappa shape index (κ3) is 6.45. The van der Waals surface area contributed by atoms with Crippen LogP contribution in [0.3, 0.4) is 0 Å². The SMILES string of the molecule is CC(C)COc1ccc(CC(=O)NCC(=O)O)cc1. The van der Waals surface area contributed by atoms with Crippen LogP contribution in [0.5, 0.6) is 5.75 Å². The van der Waals surface area contributed by atoms with Crippen molar-refractivity contribution in [2.24, 2.45) is 5.92 Å².